The third-order valence-corrected chi connectivity index (χ3v) is 2.76. The van der Waals surface area contributed by atoms with Crippen molar-refractivity contribution in [1.82, 2.24) is 9.78 Å². The first kappa shape index (κ1) is 10.3. The second kappa shape index (κ2) is 4.11. The lowest BCUT2D eigenvalue weighted by Gasteiger charge is -2.01. The molecule has 2 rings (SSSR count). The number of rotatable bonds is 2. The third kappa shape index (κ3) is 2.07. The summed E-state index contributed by atoms with van der Waals surface area (Å²) in [7, 11) is 1.96. The highest BCUT2D eigenvalue weighted by molar-refractivity contribution is 7.79. The van der Waals surface area contributed by atoms with Crippen LogP contribution in [0.2, 0.25) is 0 Å². The van der Waals surface area contributed by atoms with E-state index in [2.05, 4.69) is 55.0 Å². The molecule has 0 fully saturated rings. The van der Waals surface area contributed by atoms with Crippen molar-refractivity contribution in [3.63, 3.8) is 0 Å². The second-order valence-corrected chi connectivity index (χ2v) is 3.98. The Morgan fingerprint density at radius 3 is 2.47 bits per heavy atom. The van der Waals surface area contributed by atoms with Gasteiger partial charge in [0.25, 0.3) is 0 Å². The predicted octanol–water partition coefficient (Wildman–Crippen LogP) is 2.83. The van der Waals surface area contributed by atoms with E-state index in [0.717, 1.165) is 11.4 Å². The van der Waals surface area contributed by atoms with Crippen LogP contribution in [0.3, 0.4) is 0 Å². The maximum absolute atomic E-state index is 4.37. The van der Waals surface area contributed by atoms with Gasteiger partial charge in [-0.1, -0.05) is 29.8 Å². The van der Waals surface area contributed by atoms with Gasteiger partial charge in [0.15, 0.2) is 0 Å². The summed E-state index contributed by atoms with van der Waals surface area (Å²) in [4.78, 5) is 0. The lowest BCUT2D eigenvalue weighted by molar-refractivity contribution is 0.762. The van der Waals surface area contributed by atoms with Gasteiger partial charge in [-0.25, -0.2) is 0 Å². The third-order valence-electron chi connectivity index (χ3n) is 2.44. The number of hydrogen-bond donors (Lipinski definition) is 1. The molecule has 0 amide bonds. The Morgan fingerprint density at radius 1 is 1.27 bits per heavy atom. The molecule has 0 unspecified atom stereocenters. The molecule has 0 bridgehead atoms. The van der Waals surface area contributed by atoms with Gasteiger partial charge >= 0.3 is 0 Å². The maximum Gasteiger partial charge on any atom is 0.0727 e. The molecule has 3 heteroatoms. The molecule has 0 saturated heterocycles. The summed E-state index contributed by atoms with van der Waals surface area (Å²) in [6.07, 6.45) is 0. The minimum Gasteiger partial charge on any atom is -0.268 e. The summed E-state index contributed by atoms with van der Waals surface area (Å²) < 4.78 is 1.90. The fourth-order valence-electron chi connectivity index (χ4n) is 1.60. The lowest BCUT2D eigenvalue weighted by Crippen LogP contribution is -1.93. The lowest BCUT2D eigenvalue weighted by atomic mass is 10.1. The van der Waals surface area contributed by atoms with Crippen LogP contribution in [0.5, 0.6) is 0 Å². The molecule has 0 aliphatic rings. The molecule has 0 atom stereocenters. The largest absolute Gasteiger partial charge is 0.268 e. The van der Waals surface area contributed by atoms with Gasteiger partial charge in [0.2, 0.25) is 0 Å². The van der Waals surface area contributed by atoms with E-state index < -0.39 is 0 Å². The monoisotopic (exact) mass is 218 g/mol. The Morgan fingerprint density at radius 2 is 1.93 bits per heavy atom. The van der Waals surface area contributed by atoms with Crippen LogP contribution in [0, 0.1) is 6.92 Å². The number of hydrogen-bond acceptors (Lipinski definition) is 2. The van der Waals surface area contributed by atoms with Crippen molar-refractivity contribution in [2.75, 3.05) is 0 Å². The first-order valence-corrected chi connectivity index (χ1v) is 5.55. The van der Waals surface area contributed by atoms with E-state index in [1.165, 1.54) is 11.1 Å². The van der Waals surface area contributed by atoms with E-state index in [-0.39, 0.29) is 0 Å². The first-order chi connectivity index (χ1) is 7.20. The Bertz CT molecular complexity index is 457. The minimum absolute atomic E-state index is 0.680. The molecule has 78 valence electrons. The summed E-state index contributed by atoms with van der Waals surface area (Å²) in [5.74, 6) is 0.680. The van der Waals surface area contributed by atoms with Crippen molar-refractivity contribution < 1.29 is 0 Å². The quantitative estimate of drug-likeness (QED) is 0.767. The van der Waals surface area contributed by atoms with Gasteiger partial charge < -0.3 is 0 Å². The molecular weight excluding hydrogens is 204 g/mol. The van der Waals surface area contributed by atoms with Crippen molar-refractivity contribution >= 4 is 12.6 Å². The van der Waals surface area contributed by atoms with Crippen LogP contribution in [-0.4, -0.2) is 9.78 Å². The molecular formula is C12H14N2S. The first-order valence-electron chi connectivity index (χ1n) is 4.91. The van der Waals surface area contributed by atoms with Crippen LogP contribution in [0.15, 0.2) is 30.3 Å². The Balaban J connectivity index is 2.44. The van der Waals surface area contributed by atoms with Crippen LogP contribution in [0.4, 0.5) is 0 Å². The van der Waals surface area contributed by atoms with E-state index >= 15 is 0 Å². The highest BCUT2D eigenvalue weighted by Crippen LogP contribution is 2.20. The van der Waals surface area contributed by atoms with Crippen molar-refractivity contribution in [2.24, 2.45) is 7.05 Å². The Labute approximate surface area is 95.3 Å². The number of aryl methyl sites for hydroxylation is 2. The average molecular weight is 218 g/mol. The normalized spacial score (nSPS) is 10.6. The van der Waals surface area contributed by atoms with Crippen LogP contribution in [-0.2, 0) is 12.8 Å². The fraction of sp³-hybridized carbons (Fsp3) is 0.250. The molecule has 2 aromatic rings. The van der Waals surface area contributed by atoms with Crippen molar-refractivity contribution in [2.45, 2.75) is 12.7 Å². The molecule has 1 aromatic heterocycles. The van der Waals surface area contributed by atoms with Crippen LogP contribution >= 0.6 is 12.6 Å². The molecule has 0 aliphatic heterocycles. The predicted molar refractivity (Wildman–Crippen MR) is 66.1 cm³/mol. The molecule has 0 spiro atoms. The van der Waals surface area contributed by atoms with Crippen molar-refractivity contribution in [3.05, 3.63) is 41.6 Å². The summed E-state index contributed by atoms with van der Waals surface area (Å²) in [6.45, 7) is 2.09. The highest BCUT2D eigenvalue weighted by Gasteiger charge is 2.05. The van der Waals surface area contributed by atoms with Gasteiger partial charge in [-0.2, -0.15) is 17.7 Å². The molecule has 0 N–H and O–H groups in total. The molecule has 2 nitrogen and oxygen atoms in total. The minimum atomic E-state index is 0.680. The van der Waals surface area contributed by atoms with Gasteiger partial charge in [-0.05, 0) is 18.6 Å². The van der Waals surface area contributed by atoms with E-state index in [1.54, 1.807) is 0 Å². The van der Waals surface area contributed by atoms with E-state index in [9.17, 15) is 0 Å². The molecule has 1 aromatic carbocycles. The maximum atomic E-state index is 4.37. The van der Waals surface area contributed by atoms with E-state index in [1.807, 2.05) is 11.7 Å². The average Bonchev–Trinajstić information content (AvgIpc) is 2.61. The van der Waals surface area contributed by atoms with Crippen molar-refractivity contribution in [3.8, 4) is 11.3 Å². The number of thiol groups is 1. The number of aromatic nitrogens is 2. The standard InChI is InChI=1S/C12H14N2S/c1-9-3-5-10(6-4-9)12-7-11(8-15)13-14(12)2/h3-7,15H,8H2,1-2H3. The Kier molecular flexibility index (Phi) is 2.82. The van der Waals surface area contributed by atoms with Gasteiger partial charge in [0.05, 0.1) is 11.4 Å². The number of nitrogens with zero attached hydrogens (tertiary/aromatic N) is 2. The summed E-state index contributed by atoms with van der Waals surface area (Å²) in [5, 5.41) is 4.37. The smallest absolute Gasteiger partial charge is 0.0727 e. The summed E-state index contributed by atoms with van der Waals surface area (Å²) in [6, 6.07) is 10.5. The van der Waals surface area contributed by atoms with Gasteiger partial charge in [-0.3, -0.25) is 4.68 Å². The summed E-state index contributed by atoms with van der Waals surface area (Å²) >= 11 is 4.22. The highest BCUT2D eigenvalue weighted by atomic mass is 32.1. The molecule has 0 saturated carbocycles. The molecule has 15 heavy (non-hydrogen) atoms. The zero-order valence-corrected chi connectivity index (χ0v) is 9.83. The summed E-state index contributed by atoms with van der Waals surface area (Å²) in [5.41, 5.74) is 4.62. The van der Waals surface area contributed by atoms with Gasteiger partial charge in [0.1, 0.15) is 0 Å². The zero-order valence-electron chi connectivity index (χ0n) is 8.94. The molecule has 0 radical (unpaired) electrons. The Hall–Kier alpha value is -1.22. The molecule has 1 heterocycles. The fourth-order valence-corrected chi connectivity index (χ4v) is 1.75. The molecule has 0 aliphatic carbocycles. The van der Waals surface area contributed by atoms with Gasteiger partial charge in [0, 0.05) is 12.8 Å². The van der Waals surface area contributed by atoms with Crippen molar-refractivity contribution in [1.29, 1.82) is 0 Å². The zero-order chi connectivity index (χ0) is 10.8. The van der Waals surface area contributed by atoms with Crippen LogP contribution < -0.4 is 0 Å². The van der Waals surface area contributed by atoms with E-state index in [4.69, 9.17) is 0 Å². The second-order valence-electron chi connectivity index (χ2n) is 3.67. The van der Waals surface area contributed by atoms with Crippen LogP contribution in [0.1, 0.15) is 11.3 Å². The van der Waals surface area contributed by atoms with E-state index in [0.29, 0.717) is 5.75 Å². The topological polar surface area (TPSA) is 17.8 Å². The van der Waals surface area contributed by atoms with Crippen LogP contribution in [0.25, 0.3) is 11.3 Å². The van der Waals surface area contributed by atoms with Gasteiger partial charge in [-0.15, -0.1) is 0 Å². The SMILES string of the molecule is Cc1ccc(-c2cc(CS)nn2C)cc1. The number of benzene rings is 1.